The van der Waals surface area contributed by atoms with E-state index in [4.69, 9.17) is 9.15 Å². The molecular formula is C21H17NO5. The number of carbonyl (C=O) groups excluding carboxylic acids is 1. The van der Waals surface area contributed by atoms with Gasteiger partial charge in [0, 0.05) is 17.2 Å². The highest BCUT2D eigenvalue weighted by atomic mass is 16.5. The van der Waals surface area contributed by atoms with Crippen LogP contribution in [0.2, 0.25) is 0 Å². The highest BCUT2D eigenvalue weighted by Crippen LogP contribution is 2.19. The largest absolute Gasteiger partial charge is 0.506 e. The number of rotatable bonds is 5. The molecule has 1 heterocycles. The molecule has 0 unspecified atom stereocenters. The molecule has 1 N–H and O–H groups in total. The summed E-state index contributed by atoms with van der Waals surface area (Å²) in [5, 5.41) is 11.2. The Labute approximate surface area is 155 Å². The normalized spacial score (nSPS) is 12.2. The van der Waals surface area contributed by atoms with Gasteiger partial charge in [0.2, 0.25) is 0 Å². The van der Waals surface area contributed by atoms with Crippen molar-refractivity contribution in [3.63, 3.8) is 0 Å². The first-order chi connectivity index (χ1) is 13.1. The smallest absolute Gasteiger partial charge is 0.362 e. The third-order valence-electron chi connectivity index (χ3n) is 3.75. The van der Waals surface area contributed by atoms with E-state index in [-0.39, 0.29) is 23.6 Å². The van der Waals surface area contributed by atoms with Crippen molar-refractivity contribution in [2.45, 2.75) is 6.92 Å². The van der Waals surface area contributed by atoms with Crippen molar-refractivity contribution in [2.24, 2.45) is 4.99 Å². The SMILES string of the molecule is CCOC(=O)/C(C=Nc1cc2ccccc2oc1=O)=C(/O)c1ccccc1. The number of carbonyl (C=O) groups is 1. The molecule has 0 aliphatic heterocycles. The van der Waals surface area contributed by atoms with Crippen LogP contribution < -0.4 is 5.63 Å². The Morgan fingerprint density at radius 2 is 1.85 bits per heavy atom. The molecule has 3 aromatic rings. The van der Waals surface area contributed by atoms with E-state index in [1.165, 1.54) is 0 Å². The fraction of sp³-hybridized carbons (Fsp3) is 0.0952. The minimum Gasteiger partial charge on any atom is -0.506 e. The van der Waals surface area contributed by atoms with E-state index in [1.807, 2.05) is 0 Å². The number of fused-ring (bicyclic) bond motifs is 1. The van der Waals surface area contributed by atoms with Gasteiger partial charge in [-0.25, -0.2) is 14.6 Å². The summed E-state index contributed by atoms with van der Waals surface area (Å²) in [5.74, 6) is -1.03. The van der Waals surface area contributed by atoms with Gasteiger partial charge in [-0.2, -0.15) is 0 Å². The lowest BCUT2D eigenvalue weighted by Gasteiger charge is -2.06. The molecule has 0 atom stereocenters. The standard InChI is InChI=1S/C21H17NO5/c1-2-26-20(24)16(19(23)14-8-4-3-5-9-14)13-22-17-12-15-10-6-7-11-18(15)27-21(17)25/h3-13,23H,2H2,1H3/b19-16+,22-13?. The lowest BCUT2D eigenvalue weighted by Crippen LogP contribution is -2.11. The van der Waals surface area contributed by atoms with Gasteiger partial charge in [-0.15, -0.1) is 0 Å². The van der Waals surface area contributed by atoms with E-state index < -0.39 is 11.6 Å². The van der Waals surface area contributed by atoms with Crippen molar-refractivity contribution >= 4 is 34.6 Å². The molecule has 0 radical (unpaired) electrons. The van der Waals surface area contributed by atoms with Crippen molar-refractivity contribution in [2.75, 3.05) is 6.61 Å². The number of para-hydroxylation sites is 1. The number of esters is 1. The van der Waals surface area contributed by atoms with Gasteiger partial charge in [-0.05, 0) is 19.1 Å². The summed E-state index contributed by atoms with van der Waals surface area (Å²) in [6, 6.07) is 17.1. The fourth-order valence-electron chi connectivity index (χ4n) is 2.45. The van der Waals surface area contributed by atoms with Gasteiger partial charge in [0.25, 0.3) is 0 Å². The van der Waals surface area contributed by atoms with Crippen LogP contribution in [0.1, 0.15) is 12.5 Å². The van der Waals surface area contributed by atoms with Crippen molar-refractivity contribution in [1.29, 1.82) is 0 Å². The first-order valence-corrected chi connectivity index (χ1v) is 8.33. The maximum atomic E-state index is 12.2. The number of aliphatic imine (C=N–C) groups is 1. The highest BCUT2D eigenvalue weighted by Gasteiger charge is 2.16. The first-order valence-electron chi connectivity index (χ1n) is 8.33. The molecule has 0 fully saturated rings. The second-order valence-electron chi connectivity index (χ2n) is 5.56. The molecule has 6 nitrogen and oxygen atoms in total. The van der Waals surface area contributed by atoms with Gasteiger partial charge in [0.15, 0.2) is 0 Å². The average Bonchev–Trinajstić information content (AvgIpc) is 2.69. The average molecular weight is 363 g/mol. The van der Waals surface area contributed by atoms with E-state index in [0.29, 0.717) is 16.5 Å². The molecule has 0 aliphatic rings. The van der Waals surface area contributed by atoms with E-state index in [9.17, 15) is 14.7 Å². The highest BCUT2D eigenvalue weighted by molar-refractivity contribution is 6.15. The van der Waals surface area contributed by atoms with Gasteiger partial charge in [0.1, 0.15) is 22.6 Å². The minimum absolute atomic E-state index is 0.0105. The zero-order chi connectivity index (χ0) is 19.2. The number of nitrogens with zero attached hydrogens (tertiary/aromatic N) is 1. The van der Waals surface area contributed by atoms with Crippen molar-refractivity contribution in [3.8, 4) is 0 Å². The van der Waals surface area contributed by atoms with Gasteiger partial charge in [0.05, 0.1) is 6.61 Å². The quantitative estimate of drug-likeness (QED) is 0.243. The van der Waals surface area contributed by atoms with Gasteiger partial charge >= 0.3 is 11.6 Å². The summed E-state index contributed by atoms with van der Waals surface area (Å²) >= 11 is 0. The Morgan fingerprint density at radius 3 is 2.59 bits per heavy atom. The molecule has 0 spiro atoms. The Kier molecular flexibility index (Phi) is 5.47. The monoisotopic (exact) mass is 363 g/mol. The van der Waals surface area contributed by atoms with Crippen LogP contribution in [0.5, 0.6) is 0 Å². The van der Waals surface area contributed by atoms with E-state index in [1.54, 1.807) is 67.6 Å². The zero-order valence-corrected chi connectivity index (χ0v) is 14.6. The Morgan fingerprint density at radius 1 is 1.15 bits per heavy atom. The van der Waals surface area contributed by atoms with Crippen LogP contribution in [-0.4, -0.2) is 23.9 Å². The number of aliphatic hydroxyl groups is 1. The van der Waals surface area contributed by atoms with Crippen molar-refractivity contribution in [3.05, 3.63) is 82.2 Å². The molecule has 0 bridgehead atoms. The number of hydrogen-bond donors (Lipinski definition) is 1. The fourth-order valence-corrected chi connectivity index (χ4v) is 2.45. The van der Waals surface area contributed by atoms with Crippen LogP contribution in [-0.2, 0) is 9.53 Å². The predicted octanol–water partition coefficient (Wildman–Crippen LogP) is 4.03. The van der Waals surface area contributed by atoms with Crippen molar-refractivity contribution in [1.82, 2.24) is 0 Å². The van der Waals surface area contributed by atoms with Gasteiger partial charge in [-0.1, -0.05) is 48.5 Å². The lowest BCUT2D eigenvalue weighted by molar-refractivity contribution is -0.137. The molecule has 136 valence electrons. The molecule has 0 amide bonds. The van der Waals surface area contributed by atoms with Crippen LogP contribution >= 0.6 is 0 Å². The van der Waals surface area contributed by atoms with Crippen LogP contribution in [0, 0.1) is 0 Å². The molecule has 0 saturated carbocycles. The molecule has 0 aliphatic carbocycles. The van der Waals surface area contributed by atoms with Gasteiger partial charge < -0.3 is 14.3 Å². The maximum absolute atomic E-state index is 12.2. The summed E-state index contributed by atoms with van der Waals surface area (Å²) in [7, 11) is 0. The van der Waals surface area contributed by atoms with Crippen molar-refractivity contribution < 1.29 is 19.1 Å². The summed E-state index contributed by atoms with van der Waals surface area (Å²) in [6.07, 6.45) is 1.11. The molecule has 6 heteroatoms. The second-order valence-corrected chi connectivity index (χ2v) is 5.56. The number of ether oxygens (including phenoxy) is 1. The summed E-state index contributed by atoms with van der Waals surface area (Å²) in [5.41, 5.74) is 0.0756. The van der Waals surface area contributed by atoms with Crippen LogP contribution in [0.25, 0.3) is 16.7 Å². The number of aliphatic hydroxyl groups excluding tert-OH is 1. The van der Waals surface area contributed by atoms with Gasteiger partial charge in [-0.3, -0.25) is 0 Å². The van der Waals surface area contributed by atoms with E-state index in [0.717, 1.165) is 6.21 Å². The third-order valence-corrected chi connectivity index (χ3v) is 3.75. The maximum Gasteiger partial charge on any atom is 0.362 e. The summed E-state index contributed by atoms with van der Waals surface area (Å²) in [6.45, 7) is 1.79. The van der Waals surface area contributed by atoms with Crippen LogP contribution in [0.3, 0.4) is 0 Å². The topological polar surface area (TPSA) is 89.1 Å². The van der Waals surface area contributed by atoms with Crippen LogP contribution in [0.15, 0.2) is 80.4 Å². The lowest BCUT2D eigenvalue weighted by atomic mass is 10.1. The predicted molar refractivity (Wildman–Crippen MR) is 103 cm³/mol. The molecule has 27 heavy (non-hydrogen) atoms. The molecule has 1 aromatic heterocycles. The van der Waals surface area contributed by atoms with Crippen LogP contribution in [0.4, 0.5) is 5.69 Å². The number of hydrogen-bond acceptors (Lipinski definition) is 6. The minimum atomic E-state index is -0.743. The summed E-state index contributed by atoms with van der Waals surface area (Å²) < 4.78 is 10.2. The molecule has 3 rings (SSSR count). The van der Waals surface area contributed by atoms with E-state index >= 15 is 0 Å². The number of benzene rings is 2. The summed E-state index contributed by atoms with van der Waals surface area (Å²) in [4.78, 5) is 28.4. The second kappa shape index (κ2) is 8.14. The Bertz CT molecular complexity index is 1080. The Hall–Kier alpha value is -3.67. The molecule has 2 aromatic carbocycles. The Balaban J connectivity index is 2.05. The molecular weight excluding hydrogens is 346 g/mol. The van der Waals surface area contributed by atoms with E-state index in [2.05, 4.69) is 4.99 Å². The third kappa shape index (κ3) is 4.12. The molecule has 0 saturated heterocycles. The first kappa shape index (κ1) is 18.1. The zero-order valence-electron chi connectivity index (χ0n) is 14.6.